The van der Waals surface area contributed by atoms with Crippen molar-refractivity contribution in [3.63, 3.8) is 0 Å². The number of thiophene rings is 1. The highest BCUT2D eigenvalue weighted by Gasteiger charge is 2.28. The zero-order valence-electron chi connectivity index (χ0n) is 16.5. The smallest absolute Gasteiger partial charge is 0.341 e. The van der Waals surface area contributed by atoms with Gasteiger partial charge in [-0.05, 0) is 52.0 Å². The van der Waals surface area contributed by atoms with Gasteiger partial charge in [0.05, 0.1) is 30.9 Å². The third kappa shape index (κ3) is 5.09. The zero-order valence-corrected chi connectivity index (χ0v) is 17.3. The molecule has 6 nitrogen and oxygen atoms in total. The zero-order chi connectivity index (χ0) is 19.4. The van der Waals surface area contributed by atoms with E-state index >= 15 is 0 Å². The first-order valence-electron chi connectivity index (χ1n) is 9.97. The standard InChI is InChI=1S/C20H30N2O4S/c1-4-25-20(24)18-15-8-6-5-7-9-16(15)27-19(18)21-17(23)12-22-10-13(2)26-14(3)11-22/h13-14H,4-12H2,1-3H3,(H,21,23)/t13-,14+. The number of morpholine rings is 1. The van der Waals surface area contributed by atoms with E-state index in [0.29, 0.717) is 23.7 Å². The molecule has 1 aliphatic carbocycles. The Balaban J connectivity index is 1.75. The van der Waals surface area contributed by atoms with Gasteiger partial charge in [-0.3, -0.25) is 9.69 Å². The van der Waals surface area contributed by atoms with Gasteiger partial charge in [0.25, 0.3) is 0 Å². The Hall–Kier alpha value is -1.44. The van der Waals surface area contributed by atoms with Crippen molar-refractivity contribution in [2.24, 2.45) is 0 Å². The highest BCUT2D eigenvalue weighted by atomic mass is 32.1. The molecular formula is C20H30N2O4S. The quantitative estimate of drug-likeness (QED) is 0.613. The van der Waals surface area contributed by atoms with Crippen LogP contribution in [-0.2, 0) is 27.1 Å². The van der Waals surface area contributed by atoms with Gasteiger partial charge in [-0.1, -0.05) is 6.42 Å². The highest BCUT2D eigenvalue weighted by molar-refractivity contribution is 7.17. The van der Waals surface area contributed by atoms with Crippen LogP contribution in [0.4, 0.5) is 5.00 Å². The number of nitrogens with one attached hydrogen (secondary N) is 1. The Kier molecular flexibility index (Phi) is 6.89. The maximum absolute atomic E-state index is 12.7. The summed E-state index contributed by atoms with van der Waals surface area (Å²) >= 11 is 1.54. The van der Waals surface area contributed by atoms with Gasteiger partial charge in [-0.15, -0.1) is 11.3 Å². The van der Waals surface area contributed by atoms with Gasteiger partial charge in [-0.2, -0.15) is 0 Å². The lowest BCUT2D eigenvalue weighted by Crippen LogP contribution is -2.48. The second-order valence-corrected chi connectivity index (χ2v) is 8.59. The number of ether oxygens (including phenoxy) is 2. The van der Waals surface area contributed by atoms with Gasteiger partial charge in [0.1, 0.15) is 5.00 Å². The summed E-state index contributed by atoms with van der Waals surface area (Å²) in [5, 5.41) is 3.65. The lowest BCUT2D eigenvalue weighted by atomic mass is 10.1. The van der Waals surface area contributed by atoms with Crippen LogP contribution in [0.2, 0.25) is 0 Å². The van der Waals surface area contributed by atoms with Crippen molar-refractivity contribution in [3.8, 4) is 0 Å². The molecular weight excluding hydrogens is 364 g/mol. The van der Waals surface area contributed by atoms with Crippen LogP contribution in [0.15, 0.2) is 0 Å². The van der Waals surface area contributed by atoms with Crippen molar-refractivity contribution >= 4 is 28.2 Å². The maximum atomic E-state index is 12.7. The third-order valence-electron chi connectivity index (χ3n) is 5.02. The van der Waals surface area contributed by atoms with Crippen molar-refractivity contribution in [1.82, 2.24) is 4.90 Å². The van der Waals surface area contributed by atoms with Crippen LogP contribution < -0.4 is 5.32 Å². The number of hydrogen-bond donors (Lipinski definition) is 1. The number of fused-ring (bicyclic) bond motifs is 1. The maximum Gasteiger partial charge on any atom is 0.341 e. The first kappa shape index (κ1) is 20.3. The molecule has 1 amide bonds. The summed E-state index contributed by atoms with van der Waals surface area (Å²) in [7, 11) is 0. The summed E-state index contributed by atoms with van der Waals surface area (Å²) < 4.78 is 11.0. The number of esters is 1. The summed E-state index contributed by atoms with van der Waals surface area (Å²) in [5.41, 5.74) is 1.66. The second-order valence-electron chi connectivity index (χ2n) is 7.49. The summed E-state index contributed by atoms with van der Waals surface area (Å²) in [6.07, 6.45) is 5.48. The molecule has 1 aromatic rings. The first-order chi connectivity index (χ1) is 13.0. The molecule has 0 radical (unpaired) electrons. The summed E-state index contributed by atoms with van der Waals surface area (Å²) in [6, 6.07) is 0. The van der Waals surface area contributed by atoms with E-state index in [-0.39, 0.29) is 24.1 Å². The molecule has 0 aromatic carbocycles. The monoisotopic (exact) mass is 394 g/mol. The number of nitrogens with zero attached hydrogens (tertiary/aromatic N) is 1. The number of aryl methyl sites for hydroxylation is 1. The fraction of sp³-hybridized carbons (Fsp3) is 0.700. The summed E-state index contributed by atoms with van der Waals surface area (Å²) in [6.45, 7) is 7.98. The van der Waals surface area contributed by atoms with Gasteiger partial charge in [0.15, 0.2) is 0 Å². The van der Waals surface area contributed by atoms with Crippen LogP contribution in [0.3, 0.4) is 0 Å². The topological polar surface area (TPSA) is 67.9 Å². The number of carbonyl (C=O) groups excluding carboxylic acids is 2. The minimum Gasteiger partial charge on any atom is -0.462 e. The molecule has 2 heterocycles. The molecule has 0 unspecified atom stereocenters. The van der Waals surface area contributed by atoms with Gasteiger partial charge >= 0.3 is 5.97 Å². The molecule has 0 bridgehead atoms. The van der Waals surface area contributed by atoms with Crippen LogP contribution in [0.5, 0.6) is 0 Å². The van der Waals surface area contributed by atoms with Crippen molar-refractivity contribution in [1.29, 1.82) is 0 Å². The lowest BCUT2D eigenvalue weighted by molar-refractivity contribution is -0.121. The molecule has 1 aromatic heterocycles. The van der Waals surface area contributed by atoms with E-state index in [1.807, 2.05) is 20.8 Å². The number of anilines is 1. The van der Waals surface area contributed by atoms with Crippen LogP contribution in [-0.4, -0.2) is 55.2 Å². The molecule has 1 fully saturated rings. The molecule has 2 aliphatic rings. The Morgan fingerprint density at radius 1 is 1.19 bits per heavy atom. The third-order valence-corrected chi connectivity index (χ3v) is 6.22. The molecule has 7 heteroatoms. The number of amides is 1. The van der Waals surface area contributed by atoms with Gasteiger partial charge < -0.3 is 14.8 Å². The normalized spacial score (nSPS) is 23.4. The first-order valence-corrected chi connectivity index (χ1v) is 10.8. The lowest BCUT2D eigenvalue weighted by Gasteiger charge is -2.34. The number of hydrogen-bond acceptors (Lipinski definition) is 6. The van der Waals surface area contributed by atoms with Crippen LogP contribution in [0.1, 0.15) is 60.8 Å². The molecule has 2 atom stereocenters. The van der Waals surface area contributed by atoms with Gasteiger partial charge in [0.2, 0.25) is 5.91 Å². The van der Waals surface area contributed by atoms with E-state index in [9.17, 15) is 9.59 Å². The molecule has 3 rings (SSSR count). The van der Waals surface area contributed by atoms with E-state index in [4.69, 9.17) is 9.47 Å². The summed E-state index contributed by atoms with van der Waals surface area (Å²) in [4.78, 5) is 28.6. The molecule has 1 aliphatic heterocycles. The molecule has 1 saturated heterocycles. The average Bonchev–Trinajstić information content (AvgIpc) is 2.75. The Morgan fingerprint density at radius 2 is 1.89 bits per heavy atom. The second kappa shape index (κ2) is 9.17. The Bertz CT molecular complexity index is 678. The number of rotatable bonds is 5. The molecule has 0 spiro atoms. The fourth-order valence-corrected chi connectivity index (χ4v) is 5.33. The molecule has 27 heavy (non-hydrogen) atoms. The Labute approximate surface area is 165 Å². The predicted molar refractivity (Wildman–Crippen MR) is 107 cm³/mol. The van der Waals surface area contributed by atoms with E-state index in [2.05, 4.69) is 10.2 Å². The largest absolute Gasteiger partial charge is 0.462 e. The van der Waals surface area contributed by atoms with E-state index in [1.54, 1.807) is 11.3 Å². The van der Waals surface area contributed by atoms with Crippen LogP contribution in [0.25, 0.3) is 0 Å². The SMILES string of the molecule is CCOC(=O)c1c(NC(=O)CN2C[C@@H](C)O[C@@H](C)C2)sc2c1CCCCC2. The van der Waals surface area contributed by atoms with Crippen molar-refractivity contribution in [2.75, 3.05) is 31.6 Å². The number of carbonyl (C=O) groups is 2. The van der Waals surface area contributed by atoms with Gasteiger partial charge in [-0.25, -0.2) is 4.79 Å². The summed E-state index contributed by atoms with van der Waals surface area (Å²) in [5.74, 6) is -0.404. The average molecular weight is 395 g/mol. The predicted octanol–water partition coefficient (Wildman–Crippen LogP) is 3.24. The van der Waals surface area contributed by atoms with Crippen molar-refractivity contribution in [2.45, 2.75) is 65.1 Å². The van der Waals surface area contributed by atoms with Gasteiger partial charge in [0, 0.05) is 18.0 Å². The van der Waals surface area contributed by atoms with E-state index < -0.39 is 0 Å². The Morgan fingerprint density at radius 3 is 2.59 bits per heavy atom. The van der Waals surface area contributed by atoms with E-state index in [0.717, 1.165) is 44.3 Å². The highest BCUT2D eigenvalue weighted by Crippen LogP contribution is 2.38. The molecule has 150 valence electrons. The van der Waals surface area contributed by atoms with E-state index in [1.165, 1.54) is 11.3 Å². The van der Waals surface area contributed by atoms with Crippen LogP contribution in [0, 0.1) is 0 Å². The van der Waals surface area contributed by atoms with Crippen molar-refractivity contribution < 1.29 is 19.1 Å². The minimum atomic E-state index is -0.319. The fourth-order valence-electron chi connectivity index (χ4n) is 4.03. The minimum absolute atomic E-state index is 0.0849. The molecule has 0 saturated carbocycles. The van der Waals surface area contributed by atoms with Crippen molar-refractivity contribution in [3.05, 3.63) is 16.0 Å². The molecule has 1 N–H and O–H groups in total. The van der Waals surface area contributed by atoms with Crippen LogP contribution >= 0.6 is 11.3 Å².